The summed E-state index contributed by atoms with van der Waals surface area (Å²) >= 11 is 7.56. The fraction of sp³-hybridized carbons (Fsp3) is 0.316. The second-order valence-corrected chi connectivity index (χ2v) is 7.37. The number of carbonyl (C=O) groups is 1. The Morgan fingerprint density at radius 2 is 2.22 bits per heavy atom. The predicted molar refractivity (Wildman–Crippen MR) is 105 cm³/mol. The molecule has 0 spiro atoms. The molecule has 0 aliphatic carbocycles. The summed E-state index contributed by atoms with van der Waals surface area (Å²) in [6.07, 6.45) is -0.648. The number of amides is 1. The van der Waals surface area contributed by atoms with E-state index in [4.69, 9.17) is 20.9 Å². The molecular formula is C19H20ClN3O3S. The molecule has 8 heteroatoms. The van der Waals surface area contributed by atoms with Gasteiger partial charge in [-0.25, -0.2) is 0 Å². The zero-order valence-electron chi connectivity index (χ0n) is 15.3. The normalized spacial score (nSPS) is 12.0. The monoisotopic (exact) mass is 405 g/mol. The molecular weight excluding hydrogens is 386 g/mol. The van der Waals surface area contributed by atoms with Gasteiger partial charge in [-0.15, -0.1) is 11.3 Å². The molecule has 142 valence electrons. The number of hydrogen-bond donors (Lipinski definition) is 0. The van der Waals surface area contributed by atoms with Crippen molar-refractivity contribution in [2.45, 2.75) is 33.4 Å². The summed E-state index contributed by atoms with van der Waals surface area (Å²) in [4.78, 5) is 19.7. The van der Waals surface area contributed by atoms with Crippen molar-refractivity contribution in [2.24, 2.45) is 0 Å². The van der Waals surface area contributed by atoms with Crippen LogP contribution in [-0.4, -0.2) is 33.6 Å². The second kappa shape index (κ2) is 8.54. The van der Waals surface area contributed by atoms with Gasteiger partial charge in [0.15, 0.2) is 6.10 Å². The molecule has 0 fully saturated rings. The van der Waals surface area contributed by atoms with E-state index in [-0.39, 0.29) is 12.5 Å². The Balaban J connectivity index is 1.65. The van der Waals surface area contributed by atoms with Crippen LogP contribution in [0.2, 0.25) is 5.02 Å². The Hall–Kier alpha value is -2.38. The molecule has 2 aromatic heterocycles. The van der Waals surface area contributed by atoms with Gasteiger partial charge < -0.3 is 14.2 Å². The van der Waals surface area contributed by atoms with E-state index in [0.29, 0.717) is 29.0 Å². The fourth-order valence-electron chi connectivity index (χ4n) is 2.54. The van der Waals surface area contributed by atoms with Crippen molar-refractivity contribution in [1.82, 2.24) is 15.0 Å². The van der Waals surface area contributed by atoms with Gasteiger partial charge in [-0.3, -0.25) is 4.79 Å². The summed E-state index contributed by atoms with van der Waals surface area (Å²) in [5, 5.41) is 6.59. The Labute approximate surface area is 166 Å². The molecule has 3 aromatic rings. The lowest BCUT2D eigenvalue weighted by molar-refractivity contribution is -0.138. The average Bonchev–Trinajstić information content (AvgIpc) is 3.33. The fourth-order valence-corrected chi connectivity index (χ4v) is 3.30. The lowest BCUT2D eigenvalue weighted by atomic mass is 10.2. The van der Waals surface area contributed by atoms with Gasteiger partial charge in [-0.05, 0) is 56.0 Å². The third kappa shape index (κ3) is 4.67. The minimum absolute atomic E-state index is 0.152. The second-order valence-electron chi connectivity index (χ2n) is 6.01. The average molecular weight is 406 g/mol. The SMILES string of the molecule is CCN(Cc1nc(-c2cccs2)no1)C(=O)C(C)Oc1ccc(Cl)c(C)c1. The van der Waals surface area contributed by atoms with Crippen LogP contribution in [0.25, 0.3) is 10.7 Å². The summed E-state index contributed by atoms with van der Waals surface area (Å²) in [5.41, 5.74) is 0.896. The molecule has 6 nitrogen and oxygen atoms in total. The number of benzene rings is 1. The van der Waals surface area contributed by atoms with E-state index in [0.717, 1.165) is 10.4 Å². The number of halogens is 1. The lowest BCUT2D eigenvalue weighted by Gasteiger charge is -2.23. The molecule has 0 N–H and O–H groups in total. The Kier molecular flexibility index (Phi) is 6.13. The van der Waals surface area contributed by atoms with Crippen molar-refractivity contribution < 1.29 is 14.1 Å². The molecule has 0 aliphatic heterocycles. The van der Waals surface area contributed by atoms with E-state index in [1.165, 1.54) is 11.3 Å². The van der Waals surface area contributed by atoms with E-state index >= 15 is 0 Å². The third-order valence-corrected chi connectivity index (χ3v) is 5.31. The molecule has 1 amide bonds. The first kappa shape index (κ1) is 19.4. The van der Waals surface area contributed by atoms with Gasteiger partial charge in [0.05, 0.1) is 4.88 Å². The molecule has 1 aromatic carbocycles. The zero-order chi connectivity index (χ0) is 19.4. The number of thiophene rings is 1. The standard InChI is InChI=1S/C19H20ClN3O3S/c1-4-23(11-17-21-18(22-26-17)16-6-5-9-27-16)19(24)13(3)25-14-7-8-15(20)12(2)10-14/h5-10,13H,4,11H2,1-3H3. The maximum absolute atomic E-state index is 12.8. The highest BCUT2D eigenvalue weighted by molar-refractivity contribution is 7.13. The van der Waals surface area contributed by atoms with Gasteiger partial charge in [0.2, 0.25) is 11.7 Å². The highest BCUT2D eigenvalue weighted by Gasteiger charge is 2.23. The van der Waals surface area contributed by atoms with Crippen molar-refractivity contribution >= 4 is 28.8 Å². The summed E-state index contributed by atoms with van der Waals surface area (Å²) < 4.78 is 11.1. The predicted octanol–water partition coefficient (Wildman–Crippen LogP) is 4.58. The zero-order valence-corrected chi connectivity index (χ0v) is 16.9. The van der Waals surface area contributed by atoms with E-state index in [2.05, 4.69) is 10.1 Å². The topological polar surface area (TPSA) is 68.5 Å². The van der Waals surface area contributed by atoms with Crippen LogP contribution < -0.4 is 4.74 Å². The molecule has 0 radical (unpaired) electrons. The van der Waals surface area contributed by atoms with Crippen molar-refractivity contribution in [3.05, 3.63) is 52.2 Å². The summed E-state index contributed by atoms with van der Waals surface area (Å²) in [7, 11) is 0. The number of hydrogen-bond acceptors (Lipinski definition) is 6. The number of nitrogens with zero attached hydrogens (tertiary/aromatic N) is 3. The minimum Gasteiger partial charge on any atom is -0.481 e. The number of likely N-dealkylation sites (N-methyl/N-ethyl adjacent to an activating group) is 1. The lowest BCUT2D eigenvalue weighted by Crippen LogP contribution is -2.40. The minimum atomic E-state index is -0.648. The van der Waals surface area contributed by atoms with Crippen molar-refractivity contribution in [2.75, 3.05) is 6.54 Å². The van der Waals surface area contributed by atoms with Gasteiger partial charge in [-0.2, -0.15) is 4.98 Å². The van der Waals surface area contributed by atoms with Crippen LogP contribution in [0.1, 0.15) is 25.3 Å². The van der Waals surface area contributed by atoms with Gasteiger partial charge >= 0.3 is 0 Å². The number of aryl methyl sites for hydroxylation is 1. The summed E-state index contributed by atoms with van der Waals surface area (Å²) in [6.45, 7) is 6.25. The van der Waals surface area contributed by atoms with Crippen LogP contribution in [0.4, 0.5) is 0 Å². The van der Waals surface area contributed by atoms with Gasteiger partial charge in [0.25, 0.3) is 5.91 Å². The molecule has 3 rings (SSSR count). The molecule has 0 bridgehead atoms. The quantitative estimate of drug-likeness (QED) is 0.575. The smallest absolute Gasteiger partial charge is 0.263 e. The Morgan fingerprint density at radius 3 is 2.89 bits per heavy atom. The molecule has 1 unspecified atom stereocenters. The Morgan fingerprint density at radius 1 is 1.41 bits per heavy atom. The molecule has 0 saturated carbocycles. The van der Waals surface area contributed by atoms with Crippen molar-refractivity contribution in [1.29, 1.82) is 0 Å². The first-order chi connectivity index (χ1) is 13.0. The van der Waals surface area contributed by atoms with Gasteiger partial charge in [0.1, 0.15) is 12.3 Å². The van der Waals surface area contributed by atoms with Crippen LogP contribution >= 0.6 is 22.9 Å². The summed E-state index contributed by atoms with van der Waals surface area (Å²) in [5.74, 6) is 1.38. The van der Waals surface area contributed by atoms with Crippen LogP contribution in [0.5, 0.6) is 5.75 Å². The molecule has 2 heterocycles. The van der Waals surface area contributed by atoms with E-state index in [1.807, 2.05) is 37.4 Å². The Bertz CT molecular complexity index is 911. The van der Waals surface area contributed by atoms with Crippen molar-refractivity contribution in [3.8, 4) is 16.5 Å². The van der Waals surface area contributed by atoms with Crippen LogP contribution in [-0.2, 0) is 11.3 Å². The van der Waals surface area contributed by atoms with Crippen LogP contribution in [0, 0.1) is 6.92 Å². The maximum atomic E-state index is 12.8. The summed E-state index contributed by atoms with van der Waals surface area (Å²) in [6, 6.07) is 9.17. The van der Waals surface area contributed by atoms with Gasteiger partial charge in [0, 0.05) is 11.6 Å². The first-order valence-electron chi connectivity index (χ1n) is 8.56. The highest BCUT2D eigenvalue weighted by Crippen LogP contribution is 2.23. The highest BCUT2D eigenvalue weighted by atomic mass is 35.5. The number of aromatic nitrogens is 2. The van der Waals surface area contributed by atoms with Gasteiger partial charge in [-0.1, -0.05) is 22.8 Å². The largest absolute Gasteiger partial charge is 0.481 e. The molecule has 27 heavy (non-hydrogen) atoms. The third-order valence-electron chi connectivity index (χ3n) is 4.02. The molecule has 1 atom stereocenters. The van der Waals surface area contributed by atoms with Crippen LogP contribution in [0.15, 0.2) is 40.2 Å². The first-order valence-corrected chi connectivity index (χ1v) is 9.81. The molecule has 0 saturated heterocycles. The maximum Gasteiger partial charge on any atom is 0.263 e. The van der Waals surface area contributed by atoms with Crippen molar-refractivity contribution in [3.63, 3.8) is 0 Å². The number of carbonyl (C=O) groups excluding carboxylic acids is 1. The van der Waals surface area contributed by atoms with E-state index in [1.54, 1.807) is 24.0 Å². The molecule has 0 aliphatic rings. The number of ether oxygens (including phenoxy) is 1. The van der Waals surface area contributed by atoms with E-state index < -0.39 is 6.10 Å². The van der Waals surface area contributed by atoms with E-state index in [9.17, 15) is 4.79 Å². The number of rotatable bonds is 7. The van der Waals surface area contributed by atoms with Crippen LogP contribution in [0.3, 0.4) is 0 Å².